The third kappa shape index (κ3) is 3.24. The predicted octanol–water partition coefficient (Wildman–Crippen LogP) is 5.89. The summed E-state index contributed by atoms with van der Waals surface area (Å²) in [6.45, 7) is 9.19. The molecule has 3 nitrogen and oxygen atoms in total. The van der Waals surface area contributed by atoms with Gasteiger partial charge in [0.2, 0.25) is 0 Å². The minimum absolute atomic E-state index is 0.168. The number of carbonyl (C=O) groups is 2. The summed E-state index contributed by atoms with van der Waals surface area (Å²) in [5.74, 6) is 3.11. The number of allylic oxidation sites excluding steroid dienone is 3. The highest BCUT2D eigenvalue weighted by Crippen LogP contribution is 2.66. The number of rotatable bonds is 4. The smallest absolute Gasteiger partial charge is 0.333 e. The molecule has 29 heavy (non-hydrogen) atoms. The van der Waals surface area contributed by atoms with Crippen LogP contribution in [-0.2, 0) is 14.3 Å². The lowest BCUT2D eigenvalue weighted by molar-refractivity contribution is -0.136. The van der Waals surface area contributed by atoms with Crippen LogP contribution in [0.2, 0.25) is 0 Å². The van der Waals surface area contributed by atoms with Gasteiger partial charge >= 0.3 is 5.97 Å². The van der Waals surface area contributed by atoms with E-state index in [4.69, 9.17) is 4.74 Å². The van der Waals surface area contributed by atoms with Gasteiger partial charge in [-0.3, -0.25) is 4.79 Å². The van der Waals surface area contributed by atoms with E-state index in [2.05, 4.69) is 39.8 Å². The van der Waals surface area contributed by atoms with Crippen LogP contribution < -0.4 is 0 Å². The molecule has 0 spiro atoms. The highest BCUT2D eigenvalue weighted by molar-refractivity contribution is 5.89. The Morgan fingerprint density at radius 2 is 1.90 bits per heavy atom. The average molecular weight is 399 g/mol. The number of ketones is 1. The largest absolute Gasteiger partial charge is 0.466 e. The third-order valence-electron chi connectivity index (χ3n) is 9.21. The van der Waals surface area contributed by atoms with Crippen LogP contribution in [0.5, 0.6) is 0 Å². The Kier molecular flexibility index (Phi) is 5.32. The molecule has 0 aromatic carbocycles. The molecule has 0 aliphatic heterocycles. The zero-order valence-electron chi connectivity index (χ0n) is 18.9. The predicted molar refractivity (Wildman–Crippen MR) is 115 cm³/mol. The number of fused-ring (bicyclic) bond motifs is 5. The number of carbonyl (C=O) groups excluding carboxylic acids is 2. The summed E-state index contributed by atoms with van der Waals surface area (Å²) in [4.78, 5) is 25.1. The summed E-state index contributed by atoms with van der Waals surface area (Å²) in [5, 5.41) is 0. The van der Waals surface area contributed by atoms with Gasteiger partial charge in [-0.05, 0) is 91.1 Å². The van der Waals surface area contributed by atoms with Crippen molar-refractivity contribution in [3.05, 3.63) is 23.3 Å². The van der Waals surface area contributed by atoms with Crippen LogP contribution in [0.25, 0.3) is 0 Å². The van der Waals surface area contributed by atoms with Crippen LogP contribution in [0.4, 0.5) is 0 Å². The van der Waals surface area contributed by atoms with Gasteiger partial charge in [0.25, 0.3) is 0 Å². The van der Waals surface area contributed by atoms with E-state index in [1.165, 1.54) is 31.9 Å². The summed E-state index contributed by atoms with van der Waals surface area (Å²) in [7, 11) is 1.47. The summed E-state index contributed by atoms with van der Waals surface area (Å²) in [6, 6.07) is 0. The van der Waals surface area contributed by atoms with Gasteiger partial charge in [-0.15, -0.1) is 0 Å². The molecule has 0 saturated heterocycles. The Hall–Kier alpha value is -1.38. The van der Waals surface area contributed by atoms with Crippen molar-refractivity contribution in [2.75, 3.05) is 7.11 Å². The van der Waals surface area contributed by atoms with E-state index in [-0.39, 0.29) is 22.7 Å². The molecule has 4 aliphatic carbocycles. The maximum atomic E-state index is 13.0. The van der Waals surface area contributed by atoms with Crippen molar-refractivity contribution >= 4 is 11.8 Å². The third-order valence-corrected chi connectivity index (χ3v) is 9.21. The second kappa shape index (κ2) is 7.39. The molecule has 0 aromatic rings. The van der Waals surface area contributed by atoms with Crippen LogP contribution in [-0.4, -0.2) is 18.9 Å². The molecule has 4 rings (SSSR count). The van der Waals surface area contributed by atoms with Crippen molar-refractivity contribution in [2.24, 2.45) is 40.4 Å². The quantitative estimate of drug-likeness (QED) is 0.555. The van der Waals surface area contributed by atoms with Crippen molar-refractivity contribution in [2.45, 2.75) is 79.1 Å². The number of ether oxygens (including phenoxy) is 1. The van der Waals surface area contributed by atoms with E-state index in [9.17, 15) is 9.59 Å². The molecule has 3 heteroatoms. The molecule has 160 valence electrons. The molecule has 2 saturated carbocycles. The van der Waals surface area contributed by atoms with Gasteiger partial charge in [0.15, 0.2) is 0 Å². The lowest BCUT2D eigenvalue weighted by atomic mass is 9.47. The first-order chi connectivity index (χ1) is 13.7. The lowest BCUT2D eigenvalue weighted by Crippen LogP contribution is -2.50. The Balaban J connectivity index is 1.60. The second-order valence-corrected chi connectivity index (χ2v) is 11.1. The van der Waals surface area contributed by atoms with E-state index in [0.717, 1.165) is 37.7 Å². The van der Waals surface area contributed by atoms with Crippen molar-refractivity contribution in [3.8, 4) is 0 Å². The van der Waals surface area contributed by atoms with Gasteiger partial charge in [0.1, 0.15) is 5.78 Å². The minimum Gasteiger partial charge on any atom is -0.466 e. The van der Waals surface area contributed by atoms with Gasteiger partial charge < -0.3 is 4.74 Å². The molecule has 0 bridgehead atoms. The Morgan fingerprint density at radius 1 is 1.14 bits per heavy atom. The SMILES string of the molecule is COC(=O)C1=CC2=CC[C@H]3[C@@H]4CC[C@H](C(=O)CC(C)C)[C@@]4(C)CC[C@@H]3[C@@]2(C)CC1. The monoisotopic (exact) mass is 398 g/mol. The summed E-state index contributed by atoms with van der Waals surface area (Å²) in [6.07, 6.45) is 13.0. The minimum atomic E-state index is -0.173. The highest BCUT2D eigenvalue weighted by Gasteiger charge is 2.59. The number of esters is 1. The first-order valence-corrected chi connectivity index (χ1v) is 11.7. The van der Waals surface area contributed by atoms with Crippen LogP contribution in [0, 0.1) is 40.4 Å². The van der Waals surface area contributed by atoms with Crippen molar-refractivity contribution in [1.82, 2.24) is 0 Å². The number of hydrogen-bond acceptors (Lipinski definition) is 3. The average Bonchev–Trinajstić information content (AvgIpc) is 3.03. The molecule has 4 aliphatic rings. The Labute approximate surface area is 176 Å². The first-order valence-electron chi connectivity index (χ1n) is 11.7. The molecule has 0 aromatic heterocycles. The van der Waals surface area contributed by atoms with E-state index in [1.807, 2.05) is 0 Å². The molecule has 6 atom stereocenters. The number of hydrogen-bond donors (Lipinski definition) is 0. The molecular weight excluding hydrogens is 360 g/mol. The standard InChI is InChI=1S/C26H38O3/c1-16(2)14-23(27)22-9-8-20-19-7-6-18-15-17(24(28)29-5)10-12-25(18,3)21(19)11-13-26(20,22)4/h6,15-16,19-22H,7-14H2,1-5H3/t19-,20-,21-,22+,25-,26-/m0/s1. The van der Waals surface area contributed by atoms with Crippen molar-refractivity contribution in [3.63, 3.8) is 0 Å². The summed E-state index contributed by atoms with van der Waals surface area (Å²) >= 11 is 0. The summed E-state index contributed by atoms with van der Waals surface area (Å²) in [5.41, 5.74) is 2.55. The highest BCUT2D eigenvalue weighted by atomic mass is 16.5. The van der Waals surface area contributed by atoms with Crippen LogP contribution in [0.1, 0.15) is 79.1 Å². The molecule has 0 heterocycles. The van der Waals surface area contributed by atoms with Gasteiger partial charge in [-0.2, -0.15) is 0 Å². The van der Waals surface area contributed by atoms with Gasteiger partial charge in [-0.1, -0.05) is 33.8 Å². The van der Waals surface area contributed by atoms with Gasteiger partial charge in [0, 0.05) is 17.9 Å². The van der Waals surface area contributed by atoms with E-state index in [0.29, 0.717) is 29.5 Å². The van der Waals surface area contributed by atoms with Crippen molar-refractivity contribution < 1.29 is 14.3 Å². The molecule has 2 fully saturated rings. The topological polar surface area (TPSA) is 43.4 Å². The molecule has 0 N–H and O–H groups in total. The van der Waals surface area contributed by atoms with Crippen LogP contribution in [0.15, 0.2) is 23.3 Å². The fourth-order valence-electron chi connectivity index (χ4n) is 7.69. The first kappa shape index (κ1) is 20.9. The normalized spacial score (nSPS) is 41.0. The molecule has 0 radical (unpaired) electrons. The number of Topliss-reactive ketones (excluding diaryl/α,β-unsaturated/α-hetero) is 1. The summed E-state index contributed by atoms with van der Waals surface area (Å²) < 4.78 is 4.97. The maximum Gasteiger partial charge on any atom is 0.333 e. The van der Waals surface area contributed by atoms with Crippen molar-refractivity contribution in [1.29, 1.82) is 0 Å². The number of methoxy groups -OCH3 is 1. The van der Waals surface area contributed by atoms with Gasteiger partial charge in [0.05, 0.1) is 7.11 Å². The Bertz CT molecular complexity index is 760. The Morgan fingerprint density at radius 3 is 2.59 bits per heavy atom. The second-order valence-electron chi connectivity index (χ2n) is 11.1. The maximum absolute atomic E-state index is 13.0. The zero-order chi connectivity index (χ0) is 21.0. The van der Waals surface area contributed by atoms with Crippen LogP contribution >= 0.6 is 0 Å². The fraction of sp³-hybridized carbons (Fsp3) is 0.769. The fourth-order valence-corrected chi connectivity index (χ4v) is 7.69. The van der Waals surface area contributed by atoms with E-state index < -0.39 is 0 Å². The molecular formula is C26H38O3. The lowest BCUT2D eigenvalue weighted by Gasteiger charge is -2.57. The zero-order valence-corrected chi connectivity index (χ0v) is 18.9. The van der Waals surface area contributed by atoms with Gasteiger partial charge in [-0.25, -0.2) is 4.79 Å². The molecule has 0 unspecified atom stereocenters. The van der Waals surface area contributed by atoms with E-state index >= 15 is 0 Å². The molecule has 0 amide bonds. The van der Waals surface area contributed by atoms with E-state index in [1.54, 1.807) is 0 Å². The van der Waals surface area contributed by atoms with Crippen LogP contribution in [0.3, 0.4) is 0 Å².